The Hall–Kier alpha value is -2.20. The number of H-pyrrole nitrogens is 1. The standard InChI is InChI=1S/C15H13ClN2O2/c1-9-2-3-10(6-12(9)16)8-17-11-4-5-14-13(7-11)18-15(19)20-14/h2-7,17H,8H2,1H3,(H,18,19). The van der Waals surface area contributed by atoms with E-state index in [-0.39, 0.29) is 0 Å². The van der Waals surface area contributed by atoms with Crippen molar-refractivity contribution < 1.29 is 4.42 Å². The number of benzene rings is 2. The quantitative estimate of drug-likeness (QED) is 0.773. The highest BCUT2D eigenvalue weighted by Gasteiger charge is 2.02. The fourth-order valence-electron chi connectivity index (χ4n) is 2.01. The molecule has 0 saturated heterocycles. The zero-order valence-corrected chi connectivity index (χ0v) is 11.6. The van der Waals surface area contributed by atoms with E-state index in [2.05, 4.69) is 10.3 Å². The van der Waals surface area contributed by atoms with Gasteiger partial charge in [-0.15, -0.1) is 0 Å². The molecule has 0 radical (unpaired) electrons. The first-order valence-electron chi connectivity index (χ1n) is 6.23. The van der Waals surface area contributed by atoms with Crippen molar-refractivity contribution in [2.75, 3.05) is 5.32 Å². The van der Waals surface area contributed by atoms with Gasteiger partial charge in [-0.25, -0.2) is 4.79 Å². The third-order valence-electron chi connectivity index (χ3n) is 3.15. The van der Waals surface area contributed by atoms with Crippen molar-refractivity contribution in [1.82, 2.24) is 4.98 Å². The van der Waals surface area contributed by atoms with Crippen molar-refractivity contribution in [3.8, 4) is 0 Å². The van der Waals surface area contributed by atoms with E-state index in [0.29, 0.717) is 17.6 Å². The van der Waals surface area contributed by atoms with Crippen LogP contribution in [0.15, 0.2) is 45.6 Å². The molecular formula is C15H13ClN2O2. The third-order valence-corrected chi connectivity index (χ3v) is 3.56. The summed E-state index contributed by atoms with van der Waals surface area (Å²) in [6.45, 7) is 2.64. The van der Waals surface area contributed by atoms with Crippen LogP contribution in [0.25, 0.3) is 11.1 Å². The summed E-state index contributed by atoms with van der Waals surface area (Å²) >= 11 is 6.10. The largest absolute Gasteiger partial charge is 0.417 e. The third kappa shape index (κ3) is 2.56. The molecule has 0 saturated carbocycles. The van der Waals surface area contributed by atoms with Crippen molar-refractivity contribution >= 4 is 28.4 Å². The number of halogens is 1. The Kier molecular flexibility index (Phi) is 3.24. The zero-order valence-electron chi connectivity index (χ0n) is 10.9. The Morgan fingerprint density at radius 2 is 2.10 bits per heavy atom. The summed E-state index contributed by atoms with van der Waals surface area (Å²) in [7, 11) is 0. The number of aryl methyl sites for hydroxylation is 1. The molecule has 102 valence electrons. The summed E-state index contributed by atoms with van der Waals surface area (Å²) in [5.74, 6) is -0.442. The van der Waals surface area contributed by atoms with Crippen molar-refractivity contribution in [1.29, 1.82) is 0 Å². The van der Waals surface area contributed by atoms with E-state index in [1.165, 1.54) is 0 Å². The van der Waals surface area contributed by atoms with Gasteiger partial charge in [-0.1, -0.05) is 23.7 Å². The Bertz CT molecular complexity index is 820. The SMILES string of the molecule is Cc1ccc(CNc2ccc3oc(=O)[nH]c3c2)cc1Cl. The molecule has 2 N–H and O–H groups in total. The second-order valence-corrected chi connectivity index (χ2v) is 5.07. The molecule has 5 heteroatoms. The number of anilines is 1. The molecule has 0 atom stereocenters. The lowest BCUT2D eigenvalue weighted by Gasteiger charge is -2.07. The molecule has 2 aromatic carbocycles. The molecule has 0 spiro atoms. The highest BCUT2D eigenvalue weighted by atomic mass is 35.5. The minimum absolute atomic E-state index is 0.442. The number of hydrogen-bond donors (Lipinski definition) is 2. The van der Waals surface area contributed by atoms with E-state index in [1.807, 2.05) is 37.3 Å². The van der Waals surface area contributed by atoms with Crippen molar-refractivity contribution in [2.24, 2.45) is 0 Å². The number of nitrogens with one attached hydrogen (secondary N) is 2. The maximum absolute atomic E-state index is 11.1. The Balaban J connectivity index is 1.78. The van der Waals surface area contributed by atoms with Gasteiger partial charge in [0.15, 0.2) is 5.58 Å². The minimum atomic E-state index is -0.442. The summed E-state index contributed by atoms with van der Waals surface area (Å²) in [4.78, 5) is 13.7. The normalized spacial score (nSPS) is 10.9. The lowest BCUT2D eigenvalue weighted by Crippen LogP contribution is -1.99. The summed E-state index contributed by atoms with van der Waals surface area (Å²) in [5, 5.41) is 4.05. The first kappa shape index (κ1) is 12.8. The molecular weight excluding hydrogens is 276 g/mol. The topological polar surface area (TPSA) is 58.0 Å². The van der Waals surface area contributed by atoms with Gasteiger partial charge in [-0.2, -0.15) is 0 Å². The maximum atomic E-state index is 11.1. The fraction of sp³-hybridized carbons (Fsp3) is 0.133. The van der Waals surface area contributed by atoms with Gasteiger partial charge in [0.05, 0.1) is 5.52 Å². The van der Waals surface area contributed by atoms with Gasteiger partial charge in [0.2, 0.25) is 0 Å². The van der Waals surface area contributed by atoms with Crippen LogP contribution in [0, 0.1) is 6.92 Å². The van der Waals surface area contributed by atoms with Crippen LogP contribution in [-0.4, -0.2) is 4.98 Å². The summed E-state index contributed by atoms with van der Waals surface area (Å²) < 4.78 is 4.96. The van der Waals surface area contributed by atoms with Gasteiger partial charge in [-0.05, 0) is 42.3 Å². The van der Waals surface area contributed by atoms with E-state index < -0.39 is 5.76 Å². The monoisotopic (exact) mass is 288 g/mol. The molecule has 0 amide bonds. The first-order valence-corrected chi connectivity index (χ1v) is 6.61. The van der Waals surface area contributed by atoms with Gasteiger partial charge < -0.3 is 9.73 Å². The number of rotatable bonds is 3. The van der Waals surface area contributed by atoms with Crippen LogP contribution in [0.5, 0.6) is 0 Å². The predicted molar refractivity (Wildman–Crippen MR) is 80.4 cm³/mol. The predicted octanol–water partition coefficient (Wildman–Crippen LogP) is 3.70. The van der Waals surface area contributed by atoms with E-state index >= 15 is 0 Å². The molecule has 0 aliphatic carbocycles. The molecule has 0 fully saturated rings. The van der Waals surface area contributed by atoms with Crippen LogP contribution in [0.2, 0.25) is 5.02 Å². The first-order chi connectivity index (χ1) is 9.61. The van der Waals surface area contributed by atoms with Gasteiger partial charge in [0.1, 0.15) is 0 Å². The molecule has 1 aromatic heterocycles. The Morgan fingerprint density at radius 3 is 2.90 bits per heavy atom. The average Bonchev–Trinajstić information content (AvgIpc) is 2.79. The van der Waals surface area contributed by atoms with Gasteiger partial charge >= 0.3 is 5.76 Å². The van der Waals surface area contributed by atoms with Gasteiger partial charge in [0.25, 0.3) is 0 Å². The summed E-state index contributed by atoms with van der Waals surface area (Å²) in [6.07, 6.45) is 0. The van der Waals surface area contributed by atoms with Crippen molar-refractivity contribution in [3.05, 3.63) is 63.1 Å². The summed E-state index contributed by atoms with van der Waals surface area (Å²) in [5.41, 5.74) is 4.31. The molecule has 0 aliphatic rings. The Labute approximate surface area is 120 Å². The molecule has 4 nitrogen and oxygen atoms in total. The number of aromatic nitrogens is 1. The molecule has 3 rings (SSSR count). The van der Waals surface area contributed by atoms with Gasteiger partial charge in [-0.3, -0.25) is 4.98 Å². The lowest BCUT2D eigenvalue weighted by molar-refractivity contribution is 0.555. The van der Waals surface area contributed by atoms with Crippen molar-refractivity contribution in [3.63, 3.8) is 0 Å². The minimum Gasteiger partial charge on any atom is -0.408 e. The van der Waals surface area contributed by atoms with Crippen LogP contribution >= 0.6 is 11.6 Å². The zero-order chi connectivity index (χ0) is 14.1. The Morgan fingerprint density at radius 1 is 1.25 bits per heavy atom. The van der Waals surface area contributed by atoms with Crippen LogP contribution in [0.3, 0.4) is 0 Å². The highest BCUT2D eigenvalue weighted by molar-refractivity contribution is 6.31. The van der Waals surface area contributed by atoms with Crippen LogP contribution < -0.4 is 11.1 Å². The molecule has 3 aromatic rings. The summed E-state index contributed by atoms with van der Waals surface area (Å²) in [6, 6.07) is 11.5. The van der Waals surface area contributed by atoms with Crippen LogP contribution in [0.1, 0.15) is 11.1 Å². The molecule has 0 bridgehead atoms. The second-order valence-electron chi connectivity index (χ2n) is 4.66. The van der Waals surface area contributed by atoms with Crippen molar-refractivity contribution in [2.45, 2.75) is 13.5 Å². The molecule has 0 aliphatic heterocycles. The highest BCUT2D eigenvalue weighted by Crippen LogP contribution is 2.19. The molecule has 0 unspecified atom stereocenters. The molecule has 20 heavy (non-hydrogen) atoms. The van der Waals surface area contributed by atoms with E-state index in [9.17, 15) is 4.79 Å². The lowest BCUT2D eigenvalue weighted by atomic mass is 10.1. The van der Waals surface area contributed by atoms with Gasteiger partial charge in [0, 0.05) is 17.3 Å². The van der Waals surface area contributed by atoms with Crippen LogP contribution in [-0.2, 0) is 6.54 Å². The number of fused-ring (bicyclic) bond motifs is 1. The van der Waals surface area contributed by atoms with E-state index in [4.69, 9.17) is 16.0 Å². The van der Waals surface area contributed by atoms with Crippen LogP contribution in [0.4, 0.5) is 5.69 Å². The average molecular weight is 289 g/mol. The number of oxazole rings is 1. The van der Waals surface area contributed by atoms with E-state index in [0.717, 1.165) is 21.8 Å². The fourth-order valence-corrected chi connectivity index (χ4v) is 2.22. The smallest absolute Gasteiger partial charge is 0.408 e. The number of hydrogen-bond acceptors (Lipinski definition) is 3. The maximum Gasteiger partial charge on any atom is 0.417 e. The van der Waals surface area contributed by atoms with E-state index in [1.54, 1.807) is 6.07 Å². The molecule has 1 heterocycles. The second kappa shape index (κ2) is 5.06. The number of aromatic amines is 1.